The quantitative estimate of drug-likeness (QED) is 0.925. The summed E-state index contributed by atoms with van der Waals surface area (Å²) >= 11 is 7.42. The van der Waals surface area contributed by atoms with Crippen molar-refractivity contribution in [3.63, 3.8) is 0 Å². The summed E-state index contributed by atoms with van der Waals surface area (Å²) in [6.07, 6.45) is 1.13. The Kier molecular flexibility index (Phi) is 3.99. The van der Waals surface area contributed by atoms with E-state index in [4.69, 9.17) is 16.3 Å². The molecule has 0 amide bonds. The van der Waals surface area contributed by atoms with Crippen LogP contribution in [0.1, 0.15) is 23.6 Å². The van der Waals surface area contributed by atoms with Crippen LogP contribution >= 0.6 is 22.9 Å². The number of hydrogen-bond donors (Lipinski definition) is 1. The van der Waals surface area contributed by atoms with Crippen LogP contribution in [0.4, 0.5) is 0 Å². The highest BCUT2D eigenvalue weighted by Gasteiger charge is 2.10. The van der Waals surface area contributed by atoms with Crippen molar-refractivity contribution >= 4 is 22.9 Å². The molecule has 1 unspecified atom stereocenters. The standard InChI is InChI=1S/C12H12ClNO2S/c1-8(15)10-6-9(13)2-3-11(10)16-7-12-14-4-5-17-12/h2-6,8,15H,7H2,1H3. The van der Waals surface area contributed by atoms with Crippen LogP contribution in [0, 0.1) is 0 Å². The van der Waals surface area contributed by atoms with Gasteiger partial charge in [-0.3, -0.25) is 0 Å². The van der Waals surface area contributed by atoms with Gasteiger partial charge in [0.15, 0.2) is 0 Å². The van der Waals surface area contributed by atoms with Crippen LogP contribution in [-0.2, 0) is 6.61 Å². The molecule has 5 heteroatoms. The molecule has 0 radical (unpaired) electrons. The van der Waals surface area contributed by atoms with Crippen LogP contribution < -0.4 is 4.74 Å². The van der Waals surface area contributed by atoms with E-state index in [2.05, 4.69) is 4.98 Å². The number of rotatable bonds is 4. The highest BCUT2D eigenvalue weighted by Crippen LogP contribution is 2.28. The van der Waals surface area contributed by atoms with Crippen LogP contribution in [0.25, 0.3) is 0 Å². The zero-order chi connectivity index (χ0) is 12.3. The van der Waals surface area contributed by atoms with E-state index in [0.29, 0.717) is 22.9 Å². The average Bonchev–Trinajstić information content (AvgIpc) is 2.80. The lowest BCUT2D eigenvalue weighted by Crippen LogP contribution is -2.00. The van der Waals surface area contributed by atoms with Crippen molar-refractivity contribution in [3.8, 4) is 5.75 Å². The maximum Gasteiger partial charge on any atom is 0.140 e. The number of aliphatic hydroxyl groups is 1. The highest BCUT2D eigenvalue weighted by molar-refractivity contribution is 7.09. The van der Waals surface area contributed by atoms with Gasteiger partial charge < -0.3 is 9.84 Å². The molecule has 17 heavy (non-hydrogen) atoms. The Morgan fingerprint density at radius 3 is 3.00 bits per heavy atom. The second kappa shape index (κ2) is 5.49. The largest absolute Gasteiger partial charge is 0.486 e. The van der Waals surface area contributed by atoms with E-state index in [-0.39, 0.29) is 0 Å². The molecule has 90 valence electrons. The van der Waals surface area contributed by atoms with E-state index >= 15 is 0 Å². The van der Waals surface area contributed by atoms with Gasteiger partial charge in [0, 0.05) is 22.2 Å². The normalized spacial score (nSPS) is 12.4. The Morgan fingerprint density at radius 1 is 1.53 bits per heavy atom. The number of benzene rings is 1. The van der Waals surface area contributed by atoms with Crippen LogP contribution in [0.5, 0.6) is 5.75 Å². The minimum Gasteiger partial charge on any atom is -0.486 e. The first-order valence-electron chi connectivity index (χ1n) is 5.15. The van der Waals surface area contributed by atoms with Gasteiger partial charge in [-0.05, 0) is 25.1 Å². The van der Waals surface area contributed by atoms with Crippen molar-refractivity contribution in [2.45, 2.75) is 19.6 Å². The van der Waals surface area contributed by atoms with Crippen molar-refractivity contribution in [1.82, 2.24) is 4.98 Å². The lowest BCUT2D eigenvalue weighted by molar-refractivity contribution is 0.190. The summed E-state index contributed by atoms with van der Waals surface area (Å²) in [5.41, 5.74) is 0.689. The van der Waals surface area contributed by atoms with Crippen LogP contribution in [0.3, 0.4) is 0 Å². The van der Waals surface area contributed by atoms with Gasteiger partial charge in [-0.15, -0.1) is 11.3 Å². The van der Waals surface area contributed by atoms with E-state index in [1.54, 1.807) is 31.3 Å². The minimum atomic E-state index is -0.611. The minimum absolute atomic E-state index is 0.402. The molecule has 0 spiro atoms. The van der Waals surface area contributed by atoms with Crippen molar-refractivity contribution in [1.29, 1.82) is 0 Å². The fraction of sp³-hybridized carbons (Fsp3) is 0.250. The molecule has 0 aliphatic rings. The number of thiazole rings is 1. The molecule has 0 saturated carbocycles. The van der Waals surface area contributed by atoms with Crippen LogP contribution in [0.15, 0.2) is 29.8 Å². The predicted molar refractivity (Wildman–Crippen MR) is 68.5 cm³/mol. The van der Waals surface area contributed by atoms with E-state index in [1.807, 2.05) is 5.38 Å². The number of hydrogen-bond acceptors (Lipinski definition) is 4. The second-order valence-electron chi connectivity index (χ2n) is 3.57. The molecule has 2 rings (SSSR count). The van der Waals surface area contributed by atoms with Gasteiger partial charge in [0.2, 0.25) is 0 Å². The lowest BCUT2D eigenvalue weighted by Gasteiger charge is -2.12. The molecule has 3 nitrogen and oxygen atoms in total. The van der Waals surface area contributed by atoms with Gasteiger partial charge in [0.1, 0.15) is 17.4 Å². The third kappa shape index (κ3) is 3.19. The summed E-state index contributed by atoms with van der Waals surface area (Å²) in [4.78, 5) is 4.13. The predicted octanol–water partition coefficient (Wildman–Crippen LogP) is 3.43. The molecule has 1 heterocycles. The summed E-state index contributed by atoms with van der Waals surface area (Å²) < 4.78 is 5.63. The average molecular weight is 270 g/mol. The SMILES string of the molecule is CC(O)c1cc(Cl)ccc1OCc1nccs1. The Bertz CT molecular complexity index is 485. The highest BCUT2D eigenvalue weighted by atomic mass is 35.5. The third-order valence-electron chi connectivity index (χ3n) is 2.26. The molecular formula is C12H12ClNO2S. The molecule has 0 saturated heterocycles. The van der Waals surface area contributed by atoms with Crippen molar-refractivity contribution in [3.05, 3.63) is 45.4 Å². The Labute approximate surface area is 109 Å². The molecule has 0 aliphatic heterocycles. The number of aromatic nitrogens is 1. The number of nitrogens with zero attached hydrogens (tertiary/aromatic N) is 1. The molecule has 0 bridgehead atoms. The third-order valence-corrected chi connectivity index (χ3v) is 3.24. The molecule has 1 N–H and O–H groups in total. The second-order valence-corrected chi connectivity index (χ2v) is 4.99. The maximum atomic E-state index is 9.63. The summed E-state index contributed by atoms with van der Waals surface area (Å²) in [7, 11) is 0. The summed E-state index contributed by atoms with van der Waals surface area (Å²) in [5, 5.41) is 13.0. The van der Waals surface area contributed by atoms with E-state index in [0.717, 1.165) is 5.01 Å². The fourth-order valence-electron chi connectivity index (χ4n) is 1.44. The Morgan fingerprint density at radius 2 is 2.35 bits per heavy atom. The van der Waals surface area contributed by atoms with E-state index in [1.165, 1.54) is 11.3 Å². The molecule has 1 aromatic carbocycles. The molecule has 1 aromatic heterocycles. The van der Waals surface area contributed by atoms with Gasteiger partial charge in [0.25, 0.3) is 0 Å². The number of aliphatic hydroxyl groups excluding tert-OH is 1. The maximum absolute atomic E-state index is 9.63. The van der Waals surface area contributed by atoms with Gasteiger partial charge in [-0.1, -0.05) is 11.6 Å². The first-order valence-corrected chi connectivity index (χ1v) is 6.41. The summed E-state index contributed by atoms with van der Waals surface area (Å²) in [6.45, 7) is 2.08. The summed E-state index contributed by atoms with van der Waals surface area (Å²) in [5.74, 6) is 0.639. The fourth-order valence-corrected chi connectivity index (χ4v) is 2.15. The van der Waals surface area contributed by atoms with Gasteiger partial charge >= 0.3 is 0 Å². The van der Waals surface area contributed by atoms with E-state index < -0.39 is 6.10 Å². The number of halogens is 1. The molecule has 2 aromatic rings. The van der Waals surface area contributed by atoms with Gasteiger partial charge in [-0.2, -0.15) is 0 Å². The zero-order valence-corrected chi connectivity index (χ0v) is 10.8. The zero-order valence-electron chi connectivity index (χ0n) is 9.26. The number of ether oxygens (including phenoxy) is 1. The Hall–Kier alpha value is -1.10. The van der Waals surface area contributed by atoms with Crippen LogP contribution in [0.2, 0.25) is 5.02 Å². The first-order chi connectivity index (χ1) is 8.16. The molecular weight excluding hydrogens is 258 g/mol. The van der Waals surface area contributed by atoms with E-state index in [9.17, 15) is 5.11 Å². The Balaban J connectivity index is 2.14. The molecule has 0 aliphatic carbocycles. The van der Waals surface area contributed by atoms with Gasteiger partial charge in [-0.25, -0.2) is 4.98 Å². The molecule has 0 fully saturated rings. The smallest absolute Gasteiger partial charge is 0.140 e. The first kappa shape index (κ1) is 12.4. The monoisotopic (exact) mass is 269 g/mol. The van der Waals surface area contributed by atoms with Crippen molar-refractivity contribution in [2.75, 3.05) is 0 Å². The lowest BCUT2D eigenvalue weighted by atomic mass is 10.1. The van der Waals surface area contributed by atoms with Crippen LogP contribution in [-0.4, -0.2) is 10.1 Å². The van der Waals surface area contributed by atoms with Crippen molar-refractivity contribution < 1.29 is 9.84 Å². The topological polar surface area (TPSA) is 42.4 Å². The molecule has 1 atom stereocenters. The van der Waals surface area contributed by atoms with Gasteiger partial charge in [0.05, 0.1) is 6.10 Å². The summed E-state index contributed by atoms with van der Waals surface area (Å²) in [6, 6.07) is 5.21. The van der Waals surface area contributed by atoms with Crippen molar-refractivity contribution in [2.24, 2.45) is 0 Å².